The van der Waals surface area contributed by atoms with Crippen LogP contribution in [0.5, 0.6) is 0 Å². The molecule has 6 nitrogen and oxygen atoms in total. The molecule has 0 aliphatic rings. The van der Waals surface area contributed by atoms with Crippen LogP contribution in [0.1, 0.15) is 60.4 Å². The van der Waals surface area contributed by atoms with Gasteiger partial charge in [-0.2, -0.15) is 5.10 Å². The smallest absolute Gasteiger partial charge is 0.251 e. The zero-order valence-electron chi connectivity index (χ0n) is 22.8. The molecule has 0 radical (unpaired) electrons. The summed E-state index contributed by atoms with van der Waals surface area (Å²) in [5, 5.41) is 10.9. The maximum Gasteiger partial charge on any atom is 0.251 e. The molecule has 0 aliphatic carbocycles. The monoisotopic (exact) mass is 508 g/mol. The number of para-hydroxylation sites is 1. The summed E-state index contributed by atoms with van der Waals surface area (Å²) in [6, 6.07) is 26.2. The van der Waals surface area contributed by atoms with Crippen LogP contribution in [0.4, 0.5) is 5.82 Å². The van der Waals surface area contributed by atoms with Crippen molar-refractivity contribution in [2.75, 3.05) is 5.32 Å². The quantitative estimate of drug-likeness (QED) is 0.306. The lowest BCUT2D eigenvalue weighted by atomic mass is 9.92. The van der Waals surface area contributed by atoms with E-state index in [4.69, 9.17) is 5.10 Å². The van der Waals surface area contributed by atoms with Crippen LogP contribution in [0.3, 0.4) is 0 Å². The average Bonchev–Trinajstić information content (AvgIpc) is 3.33. The molecule has 1 heterocycles. The maximum atomic E-state index is 13.7. The lowest BCUT2D eigenvalue weighted by molar-refractivity contribution is -0.118. The molecule has 0 fully saturated rings. The summed E-state index contributed by atoms with van der Waals surface area (Å²) in [5.41, 5.74) is 5.20. The molecule has 0 aliphatic heterocycles. The number of anilines is 1. The SMILES string of the molecule is CCc1ccc(C(=O)NC(Cc2ccccc2)C(=O)Nc2cc(C(C)(C)C)nn2-c2ccccc2C)cc1. The van der Waals surface area contributed by atoms with Crippen LogP contribution in [0.2, 0.25) is 0 Å². The molecule has 2 amide bonds. The Labute approximate surface area is 225 Å². The molecule has 6 heteroatoms. The molecule has 0 saturated carbocycles. The Morgan fingerprint density at radius 3 is 2.18 bits per heavy atom. The Bertz CT molecular complexity index is 1400. The first kappa shape index (κ1) is 26.9. The van der Waals surface area contributed by atoms with E-state index in [9.17, 15) is 9.59 Å². The van der Waals surface area contributed by atoms with Crippen LogP contribution in [0.25, 0.3) is 5.69 Å². The summed E-state index contributed by atoms with van der Waals surface area (Å²) in [5.74, 6) is -0.0251. The fourth-order valence-corrected chi connectivity index (χ4v) is 4.23. The predicted octanol–water partition coefficient (Wildman–Crippen LogP) is 6.02. The topological polar surface area (TPSA) is 76.0 Å². The number of nitrogens with one attached hydrogen (secondary N) is 2. The summed E-state index contributed by atoms with van der Waals surface area (Å²) in [6.07, 6.45) is 1.25. The highest BCUT2D eigenvalue weighted by molar-refractivity contribution is 6.01. The molecular weight excluding hydrogens is 472 g/mol. The van der Waals surface area contributed by atoms with Crippen LogP contribution < -0.4 is 10.6 Å². The van der Waals surface area contributed by atoms with E-state index in [1.807, 2.05) is 79.7 Å². The minimum Gasteiger partial charge on any atom is -0.340 e. The highest BCUT2D eigenvalue weighted by atomic mass is 16.2. The molecule has 0 bridgehead atoms. The Morgan fingerprint density at radius 1 is 0.895 bits per heavy atom. The molecule has 0 saturated heterocycles. The molecule has 2 N–H and O–H groups in total. The normalized spacial score (nSPS) is 12.1. The number of rotatable bonds is 8. The summed E-state index contributed by atoms with van der Waals surface area (Å²) in [6.45, 7) is 10.4. The number of aromatic nitrogens is 2. The standard InChI is InChI=1S/C32H36N4O2/c1-6-23-16-18-25(19-17-23)30(37)33-26(20-24-13-8-7-9-14-24)31(38)34-29-21-28(32(3,4)5)35-36(29)27-15-11-10-12-22(27)2/h7-19,21,26H,6,20H2,1-5H3,(H,33,37)(H,34,38). The van der Waals surface area contributed by atoms with Crippen molar-refractivity contribution >= 4 is 17.6 Å². The Hall–Kier alpha value is -4.19. The fourth-order valence-electron chi connectivity index (χ4n) is 4.23. The highest BCUT2D eigenvalue weighted by Crippen LogP contribution is 2.27. The molecule has 1 atom stereocenters. The van der Waals surface area contributed by atoms with Crippen molar-refractivity contribution in [3.63, 3.8) is 0 Å². The number of hydrogen-bond donors (Lipinski definition) is 2. The van der Waals surface area contributed by atoms with E-state index < -0.39 is 6.04 Å². The van der Waals surface area contributed by atoms with Gasteiger partial charge in [0, 0.05) is 23.5 Å². The number of benzene rings is 3. The molecule has 196 valence electrons. The summed E-state index contributed by atoms with van der Waals surface area (Å²) < 4.78 is 1.78. The van der Waals surface area contributed by atoms with Crippen LogP contribution in [-0.4, -0.2) is 27.6 Å². The van der Waals surface area contributed by atoms with Crippen molar-refractivity contribution in [2.24, 2.45) is 0 Å². The number of aryl methyl sites for hydroxylation is 2. The van der Waals surface area contributed by atoms with E-state index in [0.717, 1.165) is 34.5 Å². The van der Waals surface area contributed by atoms with E-state index in [2.05, 4.69) is 38.3 Å². The first-order valence-electron chi connectivity index (χ1n) is 13.1. The number of nitrogens with zero attached hydrogens (tertiary/aromatic N) is 2. The van der Waals surface area contributed by atoms with Gasteiger partial charge in [-0.25, -0.2) is 4.68 Å². The van der Waals surface area contributed by atoms with Crippen molar-refractivity contribution < 1.29 is 9.59 Å². The van der Waals surface area contributed by atoms with E-state index in [-0.39, 0.29) is 17.2 Å². The Morgan fingerprint density at radius 2 is 1.55 bits per heavy atom. The Balaban J connectivity index is 1.65. The minimum absolute atomic E-state index is 0.213. The summed E-state index contributed by atoms with van der Waals surface area (Å²) >= 11 is 0. The molecule has 1 unspecified atom stereocenters. The average molecular weight is 509 g/mol. The minimum atomic E-state index is -0.783. The Kier molecular flexibility index (Phi) is 8.10. The van der Waals surface area contributed by atoms with Crippen LogP contribution in [0.15, 0.2) is 84.9 Å². The van der Waals surface area contributed by atoms with Crippen LogP contribution >= 0.6 is 0 Å². The number of hydrogen-bond acceptors (Lipinski definition) is 3. The van der Waals surface area contributed by atoms with Gasteiger partial charge < -0.3 is 10.6 Å². The third-order valence-corrected chi connectivity index (χ3v) is 6.60. The van der Waals surface area contributed by atoms with Gasteiger partial charge in [-0.15, -0.1) is 0 Å². The second-order valence-corrected chi connectivity index (χ2v) is 10.6. The van der Waals surface area contributed by atoms with Gasteiger partial charge in [0.05, 0.1) is 11.4 Å². The molecule has 3 aromatic carbocycles. The molecule has 1 aromatic heterocycles. The van der Waals surface area contributed by atoms with Gasteiger partial charge >= 0.3 is 0 Å². The number of carbonyl (C=O) groups excluding carboxylic acids is 2. The largest absolute Gasteiger partial charge is 0.340 e. The highest BCUT2D eigenvalue weighted by Gasteiger charge is 2.26. The van der Waals surface area contributed by atoms with E-state index in [1.165, 1.54) is 0 Å². The molecule has 38 heavy (non-hydrogen) atoms. The van der Waals surface area contributed by atoms with E-state index >= 15 is 0 Å². The summed E-state index contributed by atoms with van der Waals surface area (Å²) in [7, 11) is 0. The second-order valence-electron chi connectivity index (χ2n) is 10.6. The molecule has 4 aromatic rings. The van der Waals surface area contributed by atoms with Gasteiger partial charge in [0.2, 0.25) is 5.91 Å². The predicted molar refractivity (Wildman–Crippen MR) is 153 cm³/mol. The number of carbonyl (C=O) groups is 2. The lowest BCUT2D eigenvalue weighted by Gasteiger charge is -2.19. The first-order valence-corrected chi connectivity index (χ1v) is 13.1. The molecule has 0 spiro atoms. The summed E-state index contributed by atoms with van der Waals surface area (Å²) in [4.78, 5) is 26.9. The zero-order chi connectivity index (χ0) is 27.3. The van der Waals surface area contributed by atoms with Gasteiger partial charge in [-0.1, -0.05) is 88.4 Å². The van der Waals surface area contributed by atoms with Gasteiger partial charge in [-0.05, 0) is 48.2 Å². The van der Waals surface area contributed by atoms with Crippen molar-refractivity contribution in [1.82, 2.24) is 15.1 Å². The third kappa shape index (κ3) is 6.38. The van der Waals surface area contributed by atoms with Gasteiger partial charge in [0.1, 0.15) is 11.9 Å². The van der Waals surface area contributed by atoms with Gasteiger partial charge in [0.15, 0.2) is 0 Å². The van der Waals surface area contributed by atoms with Gasteiger partial charge in [-0.3, -0.25) is 9.59 Å². The maximum absolute atomic E-state index is 13.7. The molecular formula is C32H36N4O2. The van der Waals surface area contributed by atoms with Gasteiger partial charge in [0.25, 0.3) is 5.91 Å². The number of amides is 2. The van der Waals surface area contributed by atoms with Crippen molar-refractivity contribution in [3.05, 3.63) is 113 Å². The molecule has 4 rings (SSSR count). The van der Waals surface area contributed by atoms with Crippen molar-refractivity contribution in [3.8, 4) is 5.69 Å². The van der Waals surface area contributed by atoms with E-state index in [0.29, 0.717) is 17.8 Å². The first-order chi connectivity index (χ1) is 18.2. The zero-order valence-corrected chi connectivity index (χ0v) is 22.8. The second kappa shape index (κ2) is 11.5. The third-order valence-electron chi connectivity index (χ3n) is 6.60. The van der Waals surface area contributed by atoms with Crippen molar-refractivity contribution in [1.29, 1.82) is 0 Å². The van der Waals surface area contributed by atoms with E-state index in [1.54, 1.807) is 16.8 Å². The fraction of sp³-hybridized carbons (Fsp3) is 0.281. The van der Waals surface area contributed by atoms with Crippen molar-refractivity contribution in [2.45, 2.75) is 58.9 Å². The van der Waals surface area contributed by atoms with Crippen LogP contribution in [0, 0.1) is 6.92 Å². The lowest BCUT2D eigenvalue weighted by Crippen LogP contribution is -2.45. The van der Waals surface area contributed by atoms with Crippen LogP contribution in [-0.2, 0) is 23.1 Å².